The molecule has 7 nitrogen and oxygen atoms in total. The predicted molar refractivity (Wildman–Crippen MR) is 83.6 cm³/mol. The summed E-state index contributed by atoms with van der Waals surface area (Å²) < 4.78 is 51.9. The van der Waals surface area contributed by atoms with Gasteiger partial charge in [-0.2, -0.15) is 5.10 Å². The number of alkyl halides is 4. The average molecular weight is 395 g/mol. The highest BCUT2D eigenvalue weighted by molar-refractivity contribution is 6.33. The lowest BCUT2D eigenvalue weighted by atomic mass is 10.2. The molecule has 1 heterocycles. The molecular weight excluding hydrogens is 384 g/mol. The Labute approximate surface area is 148 Å². The molecule has 0 fully saturated rings. The molecule has 1 atom stereocenters. The molecule has 1 aromatic heterocycles. The van der Waals surface area contributed by atoms with E-state index >= 15 is 0 Å². The van der Waals surface area contributed by atoms with Gasteiger partial charge in [0.1, 0.15) is 17.4 Å². The first-order valence-corrected chi connectivity index (χ1v) is 7.40. The van der Waals surface area contributed by atoms with Crippen molar-refractivity contribution < 1.29 is 27.3 Å². The molecule has 0 saturated carbocycles. The lowest BCUT2D eigenvalue weighted by Gasteiger charge is -2.16. The average Bonchev–Trinajstić information content (AvgIpc) is 3.01. The number of rotatable bonds is 6. The maximum absolute atomic E-state index is 13.0. The van der Waals surface area contributed by atoms with E-state index in [1.54, 1.807) is 0 Å². The Morgan fingerprint density at radius 3 is 2.46 bits per heavy atom. The Kier molecular flexibility index (Phi) is 5.80. The largest absolute Gasteiger partial charge is 0.323 e. The highest BCUT2D eigenvalue weighted by Gasteiger charge is 2.27. The van der Waals surface area contributed by atoms with Crippen LogP contribution in [0.5, 0.6) is 0 Å². The summed E-state index contributed by atoms with van der Waals surface area (Å²) in [6.07, 6.45) is -6.22. The van der Waals surface area contributed by atoms with Gasteiger partial charge in [0, 0.05) is 12.1 Å². The number of nitrogens with one attached hydrogen (secondary N) is 1. The zero-order valence-electron chi connectivity index (χ0n) is 13.0. The van der Waals surface area contributed by atoms with Gasteiger partial charge in [-0.15, -0.1) is 0 Å². The maximum atomic E-state index is 13.0. The second-order valence-corrected chi connectivity index (χ2v) is 5.53. The summed E-state index contributed by atoms with van der Waals surface area (Å²) in [6.45, 7) is 1.16. The number of hydrogen-bond donors (Lipinski definition) is 1. The maximum Gasteiger partial charge on any atom is 0.282 e. The first-order chi connectivity index (χ1) is 12.1. The number of aromatic nitrogens is 2. The monoisotopic (exact) mass is 394 g/mol. The van der Waals surface area contributed by atoms with Crippen molar-refractivity contribution in [2.75, 3.05) is 5.32 Å². The zero-order valence-corrected chi connectivity index (χ0v) is 13.8. The molecule has 2 rings (SSSR count). The number of amides is 1. The number of carbonyl (C=O) groups is 1. The first-order valence-electron chi connectivity index (χ1n) is 7.02. The normalized spacial score (nSPS) is 12.5. The Morgan fingerprint density at radius 1 is 1.27 bits per heavy atom. The van der Waals surface area contributed by atoms with Crippen LogP contribution in [0, 0.1) is 10.1 Å². The van der Waals surface area contributed by atoms with Crippen LogP contribution in [0.1, 0.15) is 37.2 Å². The van der Waals surface area contributed by atoms with Crippen molar-refractivity contribution in [3.63, 3.8) is 0 Å². The number of nitrogens with zero attached hydrogens (tertiary/aromatic N) is 3. The standard InChI is InChI=1S/C14H11ClF4N4O3/c1-6(22-11(13(18)19)5-10(21-22)12(16)17)14(24)20-9-4-7(23(25)26)2-3-8(9)15/h2-6,12-13H,1H3,(H,20,24). The van der Waals surface area contributed by atoms with Crippen molar-refractivity contribution in [2.45, 2.75) is 25.8 Å². The van der Waals surface area contributed by atoms with Gasteiger partial charge in [0.2, 0.25) is 5.91 Å². The Morgan fingerprint density at radius 2 is 1.92 bits per heavy atom. The van der Waals surface area contributed by atoms with Gasteiger partial charge >= 0.3 is 0 Å². The molecule has 0 aliphatic carbocycles. The molecule has 0 spiro atoms. The second kappa shape index (κ2) is 7.68. The summed E-state index contributed by atoms with van der Waals surface area (Å²) in [5, 5.41) is 16.3. The van der Waals surface area contributed by atoms with Gasteiger partial charge in [0.15, 0.2) is 0 Å². The Hall–Kier alpha value is -2.69. The molecule has 0 radical (unpaired) electrons. The van der Waals surface area contributed by atoms with Gasteiger partial charge in [0.05, 0.1) is 15.6 Å². The summed E-state index contributed by atoms with van der Waals surface area (Å²) >= 11 is 5.84. The summed E-state index contributed by atoms with van der Waals surface area (Å²) in [6, 6.07) is 2.38. The summed E-state index contributed by atoms with van der Waals surface area (Å²) in [4.78, 5) is 22.3. The van der Waals surface area contributed by atoms with E-state index in [2.05, 4.69) is 10.4 Å². The number of non-ortho nitro benzene ring substituents is 1. The lowest BCUT2D eigenvalue weighted by Crippen LogP contribution is -2.26. The third-order valence-electron chi connectivity index (χ3n) is 3.40. The molecule has 0 aliphatic rings. The van der Waals surface area contributed by atoms with Crippen LogP contribution in [0.3, 0.4) is 0 Å². The number of halogens is 5. The third kappa shape index (κ3) is 4.10. The first kappa shape index (κ1) is 19.6. The molecule has 0 saturated heterocycles. The topological polar surface area (TPSA) is 90.1 Å². The minimum Gasteiger partial charge on any atom is -0.323 e. The molecule has 1 aromatic carbocycles. The van der Waals surface area contributed by atoms with Crippen molar-refractivity contribution in [1.82, 2.24) is 9.78 Å². The van der Waals surface area contributed by atoms with E-state index in [1.807, 2.05) is 0 Å². The SMILES string of the molecule is CC(C(=O)Nc1cc([N+](=O)[O-])ccc1Cl)n1nc(C(F)F)cc1C(F)F. The van der Waals surface area contributed by atoms with E-state index < -0.39 is 41.1 Å². The third-order valence-corrected chi connectivity index (χ3v) is 3.73. The molecule has 0 aliphatic heterocycles. The van der Waals surface area contributed by atoms with Gasteiger partial charge in [0.25, 0.3) is 18.5 Å². The van der Waals surface area contributed by atoms with Gasteiger partial charge in [-0.1, -0.05) is 11.6 Å². The van der Waals surface area contributed by atoms with Crippen molar-refractivity contribution in [3.05, 3.63) is 50.8 Å². The van der Waals surface area contributed by atoms with E-state index in [1.165, 1.54) is 6.07 Å². The number of nitro groups is 1. The molecule has 140 valence electrons. The number of benzene rings is 1. The fraction of sp³-hybridized carbons (Fsp3) is 0.286. The summed E-state index contributed by atoms with van der Waals surface area (Å²) in [5.41, 5.74) is -2.23. The number of nitro benzene ring substituents is 1. The highest BCUT2D eigenvalue weighted by atomic mass is 35.5. The second-order valence-electron chi connectivity index (χ2n) is 5.13. The minimum atomic E-state index is -3.13. The van der Waals surface area contributed by atoms with E-state index in [9.17, 15) is 32.5 Å². The van der Waals surface area contributed by atoms with Crippen molar-refractivity contribution >= 4 is 28.9 Å². The van der Waals surface area contributed by atoms with E-state index in [0.717, 1.165) is 19.1 Å². The van der Waals surface area contributed by atoms with Crippen molar-refractivity contribution in [1.29, 1.82) is 0 Å². The number of anilines is 1. The van der Waals surface area contributed by atoms with Gasteiger partial charge in [-0.25, -0.2) is 17.6 Å². The van der Waals surface area contributed by atoms with Crippen LogP contribution in [0.4, 0.5) is 28.9 Å². The smallest absolute Gasteiger partial charge is 0.282 e. The predicted octanol–water partition coefficient (Wildman–Crippen LogP) is 4.52. The van der Waals surface area contributed by atoms with Crippen LogP contribution < -0.4 is 5.32 Å². The lowest BCUT2D eigenvalue weighted by molar-refractivity contribution is -0.384. The molecule has 1 N–H and O–H groups in total. The van der Waals surface area contributed by atoms with E-state index in [4.69, 9.17) is 11.6 Å². The van der Waals surface area contributed by atoms with Gasteiger partial charge in [-0.05, 0) is 19.1 Å². The van der Waals surface area contributed by atoms with Gasteiger partial charge in [-0.3, -0.25) is 19.6 Å². The molecular formula is C14H11ClF4N4O3. The molecule has 26 heavy (non-hydrogen) atoms. The molecule has 1 unspecified atom stereocenters. The number of carbonyl (C=O) groups excluding carboxylic acids is 1. The fourth-order valence-corrected chi connectivity index (χ4v) is 2.24. The summed E-state index contributed by atoms with van der Waals surface area (Å²) in [7, 11) is 0. The van der Waals surface area contributed by atoms with Crippen LogP contribution >= 0.6 is 11.6 Å². The van der Waals surface area contributed by atoms with Crippen molar-refractivity contribution in [3.8, 4) is 0 Å². The van der Waals surface area contributed by atoms with Crippen LogP contribution in [0.25, 0.3) is 0 Å². The molecule has 0 bridgehead atoms. The fourth-order valence-electron chi connectivity index (χ4n) is 2.08. The van der Waals surface area contributed by atoms with E-state index in [0.29, 0.717) is 10.7 Å². The van der Waals surface area contributed by atoms with E-state index in [-0.39, 0.29) is 16.4 Å². The Bertz CT molecular complexity index is 844. The van der Waals surface area contributed by atoms with Crippen LogP contribution in [-0.4, -0.2) is 20.6 Å². The molecule has 2 aromatic rings. The van der Waals surface area contributed by atoms with Gasteiger partial charge < -0.3 is 5.32 Å². The number of hydrogen-bond acceptors (Lipinski definition) is 4. The quantitative estimate of drug-likeness (QED) is 0.443. The minimum absolute atomic E-state index is 0.0287. The highest BCUT2D eigenvalue weighted by Crippen LogP contribution is 2.30. The Balaban J connectivity index is 2.31. The van der Waals surface area contributed by atoms with Crippen LogP contribution in [0.15, 0.2) is 24.3 Å². The molecule has 12 heteroatoms. The van der Waals surface area contributed by atoms with Crippen LogP contribution in [-0.2, 0) is 4.79 Å². The van der Waals surface area contributed by atoms with Crippen LogP contribution in [0.2, 0.25) is 5.02 Å². The molecule has 1 amide bonds. The zero-order chi connectivity index (χ0) is 19.6. The van der Waals surface area contributed by atoms with Crippen molar-refractivity contribution in [2.24, 2.45) is 0 Å². The summed E-state index contributed by atoms with van der Waals surface area (Å²) in [5.74, 6) is -0.918.